The van der Waals surface area contributed by atoms with Crippen LogP contribution in [0.2, 0.25) is 0 Å². The Kier molecular flexibility index (Phi) is 9.03. The second-order valence-electron chi connectivity index (χ2n) is 11.9. The number of aromatic nitrogens is 3. The predicted molar refractivity (Wildman–Crippen MR) is 156 cm³/mol. The Morgan fingerprint density at radius 1 is 1.25 bits per heavy atom. The van der Waals surface area contributed by atoms with Crippen LogP contribution in [0.15, 0.2) is 35.3 Å². The summed E-state index contributed by atoms with van der Waals surface area (Å²) < 4.78 is 14.1. The zero-order chi connectivity index (χ0) is 28.2. The van der Waals surface area contributed by atoms with Gasteiger partial charge in [-0.2, -0.15) is 0 Å². The number of likely N-dealkylation sites (N-methyl/N-ethyl adjacent to an activating group) is 1. The summed E-state index contributed by atoms with van der Waals surface area (Å²) >= 11 is 0. The number of rotatable bonds is 10. The molecule has 1 aliphatic heterocycles. The average Bonchev–Trinajstić information content (AvgIpc) is 3.55. The van der Waals surface area contributed by atoms with Gasteiger partial charge in [0.2, 0.25) is 0 Å². The van der Waals surface area contributed by atoms with E-state index in [2.05, 4.69) is 58.9 Å². The average molecular weight is 550 g/mol. The fourth-order valence-electron chi connectivity index (χ4n) is 5.83. The Morgan fingerprint density at radius 2 is 2.05 bits per heavy atom. The van der Waals surface area contributed by atoms with E-state index in [1.54, 1.807) is 6.20 Å². The van der Waals surface area contributed by atoms with Crippen LogP contribution in [0.3, 0.4) is 0 Å². The van der Waals surface area contributed by atoms with Crippen LogP contribution in [-0.4, -0.2) is 70.4 Å². The number of carbonyl (C=O) groups is 1. The molecule has 1 saturated carbocycles. The van der Waals surface area contributed by atoms with Crippen molar-refractivity contribution < 1.29 is 14.3 Å². The molecule has 5 rings (SSSR count). The summed E-state index contributed by atoms with van der Waals surface area (Å²) in [6, 6.07) is 7.83. The molecule has 2 aromatic heterocycles. The van der Waals surface area contributed by atoms with E-state index < -0.39 is 0 Å². The maximum Gasteiger partial charge on any atom is 0.323 e. The Hall–Kier alpha value is -3.01. The zero-order valence-corrected chi connectivity index (χ0v) is 24.2. The van der Waals surface area contributed by atoms with Crippen molar-refractivity contribution in [2.45, 2.75) is 84.2 Å². The Balaban J connectivity index is 1.40. The van der Waals surface area contributed by atoms with Crippen molar-refractivity contribution in [1.29, 1.82) is 0 Å². The second-order valence-corrected chi connectivity index (χ2v) is 11.9. The molecular weight excluding hydrogens is 506 g/mol. The van der Waals surface area contributed by atoms with E-state index >= 15 is 0 Å². The minimum absolute atomic E-state index is 0.0442. The van der Waals surface area contributed by atoms with Gasteiger partial charge in [0.05, 0.1) is 30.3 Å². The third-order valence-corrected chi connectivity index (χ3v) is 8.02. The molecule has 2 aliphatic rings. The number of pyridine rings is 1. The largest absolute Gasteiger partial charge is 0.461 e. The van der Waals surface area contributed by atoms with Crippen LogP contribution < -0.4 is 10.9 Å². The Morgan fingerprint density at radius 3 is 2.77 bits per heavy atom. The molecule has 40 heavy (non-hydrogen) atoms. The number of hydrogen-bond donors (Lipinski definition) is 2. The van der Waals surface area contributed by atoms with E-state index in [0.29, 0.717) is 31.2 Å². The number of nitrogens with one attached hydrogen (secondary N) is 2. The molecule has 1 saturated heterocycles. The maximum atomic E-state index is 13.0. The summed E-state index contributed by atoms with van der Waals surface area (Å²) in [5.74, 6) is 1.03. The summed E-state index contributed by atoms with van der Waals surface area (Å²) in [5.41, 5.74) is 4.35. The highest BCUT2D eigenvalue weighted by atomic mass is 16.5. The van der Waals surface area contributed by atoms with Gasteiger partial charge in [0.15, 0.2) is 0 Å². The molecule has 3 aromatic rings. The van der Waals surface area contributed by atoms with E-state index in [9.17, 15) is 9.59 Å². The number of esters is 1. The smallest absolute Gasteiger partial charge is 0.323 e. The second kappa shape index (κ2) is 12.7. The molecule has 0 amide bonds. The van der Waals surface area contributed by atoms with E-state index in [1.165, 1.54) is 0 Å². The van der Waals surface area contributed by atoms with Gasteiger partial charge in [-0.15, -0.1) is 0 Å². The van der Waals surface area contributed by atoms with Gasteiger partial charge in [-0.25, -0.2) is 4.98 Å². The number of fused-ring (bicyclic) bond motifs is 1. The molecule has 2 atom stereocenters. The van der Waals surface area contributed by atoms with Crippen molar-refractivity contribution in [3.63, 3.8) is 0 Å². The number of morpholine rings is 1. The van der Waals surface area contributed by atoms with E-state index in [1.807, 2.05) is 13.0 Å². The lowest BCUT2D eigenvalue weighted by Crippen LogP contribution is -2.42. The molecule has 1 aromatic carbocycles. The van der Waals surface area contributed by atoms with Crippen LogP contribution in [0.1, 0.15) is 57.1 Å². The highest BCUT2D eigenvalue weighted by Crippen LogP contribution is 2.27. The number of ether oxygens (including phenoxy) is 2. The lowest BCUT2D eigenvalue weighted by Gasteiger charge is -2.30. The molecular formula is C31H43N5O4. The third-order valence-electron chi connectivity index (χ3n) is 8.02. The first-order valence-corrected chi connectivity index (χ1v) is 14.7. The quantitative estimate of drug-likeness (QED) is 0.369. The maximum absolute atomic E-state index is 13.0. The summed E-state index contributed by atoms with van der Waals surface area (Å²) in [5, 5.41) is 3.47. The van der Waals surface area contributed by atoms with E-state index in [-0.39, 0.29) is 29.8 Å². The van der Waals surface area contributed by atoms with Crippen molar-refractivity contribution in [3.05, 3.63) is 51.9 Å². The van der Waals surface area contributed by atoms with Gasteiger partial charge in [0.25, 0.3) is 5.56 Å². The van der Waals surface area contributed by atoms with Gasteiger partial charge in [0, 0.05) is 37.0 Å². The standard InChI is InChI=1S/C31H43N5O4/c1-20(2)13-27(31(38)40-24-7-5-6-8-24)32-16-22-9-10-28-26(15-22)34-29(23-14-21(3)30(37)33-17-23)36(28)19-25-18-35(4)11-12-39-25/h9-10,14-15,17,20,24-25,27,32H,5-8,11-13,16,18-19H2,1-4H3,(H,33,37)/t25-,27-/m0/s1. The van der Waals surface area contributed by atoms with Gasteiger partial charge >= 0.3 is 5.97 Å². The van der Waals surface area contributed by atoms with Crippen molar-refractivity contribution in [2.75, 3.05) is 26.7 Å². The topological polar surface area (TPSA) is 101 Å². The summed E-state index contributed by atoms with van der Waals surface area (Å²) in [7, 11) is 2.11. The van der Waals surface area contributed by atoms with Crippen LogP contribution in [0, 0.1) is 12.8 Å². The normalized spacial score (nSPS) is 19.5. The number of H-pyrrole nitrogens is 1. The Bertz CT molecular complexity index is 1370. The molecule has 0 radical (unpaired) electrons. The van der Waals surface area contributed by atoms with Crippen molar-refractivity contribution in [2.24, 2.45) is 5.92 Å². The van der Waals surface area contributed by atoms with Gasteiger partial charge in [-0.05, 0) is 75.8 Å². The van der Waals surface area contributed by atoms with Crippen LogP contribution in [-0.2, 0) is 27.4 Å². The minimum Gasteiger partial charge on any atom is -0.461 e. The monoisotopic (exact) mass is 549 g/mol. The Labute approximate surface area is 236 Å². The molecule has 0 spiro atoms. The molecule has 9 heteroatoms. The van der Waals surface area contributed by atoms with Crippen molar-refractivity contribution >= 4 is 17.0 Å². The first kappa shape index (κ1) is 28.5. The van der Waals surface area contributed by atoms with Crippen molar-refractivity contribution in [3.8, 4) is 11.4 Å². The number of aryl methyl sites for hydroxylation is 1. The SMILES string of the molecule is Cc1cc(-c2nc3cc(CN[C@@H](CC(C)C)C(=O)OC4CCCC4)ccc3n2C[C@@H]2CN(C)CCO2)c[nH]c1=O. The fourth-order valence-corrected chi connectivity index (χ4v) is 5.83. The molecule has 1 aliphatic carbocycles. The van der Waals surface area contributed by atoms with Crippen LogP contribution in [0.4, 0.5) is 0 Å². The van der Waals surface area contributed by atoms with Gasteiger partial charge in [0.1, 0.15) is 18.0 Å². The fraction of sp³-hybridized carbons (Fsp3) is 0.581. The predicted octanol–water partition coefficient (Wildman–Crippen LogP) is 4.02. The number of hydrogen-bond acceptors (Lipinski definition) is 7. The number of imidazole rings is 1. The lowest BCUT2D eigenvalue weighted by molar-refractivity contribution is -0.151. The van der Waals surface area contributed by atoms with E-state index in [4.69, 9.17) is 14.5 Å². The molecule has 3 heterocycles. The highest BCUT2D eigenvalue weighted by molar-refractivity contribution is 5.81. The van der Waals surface area contributed by atoms with Gasteiger partial charge < -0.3 is 29.2 Å². The van der Waals surface area contributed by atoms with Crippen LogP contribution in [0.5, 0.6) is 0 Å². The van der Waals surface area contributed by atoms with E-state index in [0.717, 1.165) is 73.2 Å². The number of carbonyl (C=O) groups excluding carboxylic acids is 1. The van der Waals surface area contributed by atoms with Crippen LogP contribution >= 0.6 is 0 Å². The first-order chi connectivity index (χ1) is 19.3. The molecule has 216 valence electrons. The highest BCUT2D eigenvalue weighted by Gasteiger charge is 2.26. The number of nitrogens with zero attached hydrogens (tertiary/aromatic N) is 3. The summed E-state index contributed by atoms with van der Waals surface area (Å²) in [6.45, 7) is 9.75. The molecule has 2 N–H and O–H groups in total. The first-order valence-electron chi connectivity index (χ1n) is 14.7. The van der Waals surface area contributed by atoms with Crippen LogP contribution in [0.25, 0.3) is 22.4 Å². The number of benzene rings is 1. The third kappa shape index (κ3) is 6.82. The van der Waals surface area contributed by atoms with Gasteiger partial charge in [-0.3, -0.25) is 9.59 Å². The van der Waals surface area contributed by atoms with Crippen molar-refractivity contribution in [1.82, 2.24) is 24.8 Å². The molecule has 0 bridgehead atoms. The summed E-state index contributed by atoms with van der Waals surface area (Å²) in [4.78, 5) is 35.2. The zero-order valence-electron chi connectivity index (χ0n) is 24.2. The lowest BCUT2D eigenvalue weighted by atomic mass is 10.0. The summed E-state index contributed by atoms with van der Waals surface area (Å²) in [6.07, 6.45) is 6.78. The molecule has 9 nitrogen and oxygen atoms in total. The number of aromatic amines is 1. The molecule has 0 unspecified atom stereocenters. The van der Waals surface area contributed by atoms with Gasteiger partial charge in [-0.1, -0.05) is 19.9 Å². The molecule has 2 fully saturated rings. The minimum atomic E-state index is -0.339.